The van der Waals surface area contributed by atoms with Crippen LogP contribution in [0.4, 0.5) is 5.82 Å². The number of halogens is 1. The minimum Gasteiger partial charge on any atom is -0.360 e. The predicted molar refractivity (Wildman–Crippen MR) is 92.7 cm³/mol. The fraction of sp³-hybridized carbons (Fsp3) is 0.235. The van der Waals surface area contributed by atoms with Crippen LogP contribution in [0.25, 0.3) is 6.08 Å². The van der Waals surface area contributed by atoms with E-state index >= 15 is 0 Å². The van der Waals surface area contributed by atoms with Crippen molar-refractivity contribution in [1.82, 2.24) is 10.1 Å². The molecular weight excluding hydrogens is 330 g/mol. The van der Waals surface area contributed by atoms with Crippen molar-refractivity contribution in [1.29, 1.82) is 0 Å². The van der Waals surface area contributed by atoms with Crippen molar-refractivity contribution in [3.63, 3.8) is 0 Å². The van der Waals surface area contributed by atoms with Crippen molar-refractivity contribution in [3.8, 4) is 0 Å². The molecule has 1 N–H and O–H groups in total. The second kappa shape index (κ2) is 7.79. The van der Waals surface area contributed by atoms with Crippen LogP contribution in [0.5, 0.6) is 0 Å². The highest BCUT2D eigenvalue weighted by Crippen LogP contribution is 2.17. The average molecular weight is 348 g/mol. The van der Waals surface area contributed by atoms with Crippen LogP contribution in [0, 0.1) is 13.8 Å². The van der Waals surface area contributed by atoms with Gasteiger partial charge in [0.1, 0.15) is 5.76 Å². The van der Waals surface area contributed by atoms with Gasteiger partial charge >= 0.3 is 0 Å². The third-order valence-corrected chi connectivity index (χ3v) is 3.67. The Hall–Kier alpha value is -2.60. The zero-order valence-corrected chi connectivity index (χ0v) is 14.4. The van der Waals surface area contributed by atoms with Gasteiger partial charge in [-0.15, -0.1) is 0 Å². The summed E-state index contributed by atoms with van der Waals surface area (Å²) in [6.45, 7) is 3.54. The van der Waals surface area contributed by atoms with Crippen LogP contribution < -0.4 is 5.32 Å². The molecule has 2 aromatic rings. The van der Waals surface area contributed by atoms with Crippen molar-refractivity contribution in [2.24, 2.45) is 0 Å². The Bertz CT molecular complexity index is 783. The van der Waals surface area contributed by atoms with Crippen molar-refractivity contribution >= 4 is 35.3 Å². The quantitative estimate of drug-likeness (QED) is 0.843. The average Bonchev–Trinajstić information content (AvgIpc) is 2.92. The van der Waals surface area contributed by atoms with E-state index in [1.165, 1.54) is 11.0 Å². The van der Waals surface area contributed by atoms with Crippen molar-refractivity contribution in [3.05, 3.63) is 52.3 Å². The molecule has 0 radical (unpaired) electrons. The second-order valence-corrected chi connectivity index (χ2v) is 5.81. The summed E-state index contributed by atoms with van der Waals surface area (Å²) in [6, 6.07) is 7.12. The molecule has 0 aliphatic carbocycles. The van der Waals surface area contributed by atoms with Gasteiger partial charge in [-0.2, -0.15) is 0 Å². The standard InChI is InChI=1S/C17H18ClN3O3/c1-11-4-5-13(9-14(11)18)6-7-17(23)21(3)10-16(22)19-15-8-12(2)24-20-15/h4-9H,10H2,1-3H3,(H,19,20,22)/b7-6+. The van der Waals surface area contributed by atoms with Crippen LogP contribution >= 0.6 is 11.6 Å². The molecule has 6 nitrogen and oxygen atoms in total. The fourth-order valence-corrected chi connectivity index (χ4v) is 2.10. The Labute approximate surface area is 145 Å². The molecule has 0 saturated heterocycles. The van der Waals surface area contributed by atoms with E-state index in [4.69, 9.17) is 16.1 Å². The summed E-state index contributed by atoms with van der Waals surface area (Å²) in [5, 5.41) is 6.86. The van der Waals surface area contributed by atoms with Crippen LogP contribution in [0.1, 0.15) is 16.9 Å². The first-order valence-electron chi connectivity index (χ1n) is 7.27. The number of hydrogen-bond donors (Lipinski definition) is 1. The molecule has 0 aliphatic heterocycles. The molecule has 2 rings (SSSR count). The molecule has 2 amide bonds. The van der Waals surface area contributed by atoms with Gasteiger partial charge in [0.05, 0.1) is 6.54 Å². The van der Waals surface area contributed by atoms with E-state index in [0.717, 1.165) is 11.1 Å². The number of benzene rings is 1. The number of aryl methyl sites for hydroxylation is 2. The Morgan fingerprint density at radius 3 is 2.71 bits per heavy atom. The molecule has 0 aliphatic rings. The van der Waals surface area contributed by atoms with E-state index in [9.17, 15) is 9.59 Å². The van der Waals surface area contributed by atoms with Crippen LogP contribution in [0.2, 0.25) is 5.02 Å². The number of amides is 2. The summed E-state index contributed by atoms with van der Waals surface area (Å²) >= 11 is 6.04. The fourth-order valence-electron chi connectivity index (χ4n) is 1.91. The van der Waals surface area contributed by atoms with Gasteiger partial charge in [0, 0.05) is 24.2 Å². The summed E-state index contributed by atoms with van der Waals surface area (Å²) in [7, 11) is 1.54. The van der Waals surface area contributed by atoms with Gasteiger partial charge in [0.15, 0.2) is 5.82 Å². The van der Waals surface area contributed by atoms with E-state index in [-0.39, 0.29) is 18.4 Å². The minimum atomic E-state index is -0.356. The highest BCUT2D eigenvalue weighted by atomic mass is 35.5. The third-order valence-electron chi connectivity index (χ3n) is 3.27. The summed E-state index contributed by atoms with van der Waals surface area (Å²) in [5.74, 6) is 0.265. The topological polar surface area (TPSA) is 75.4 Å². The molecule has 0 spiro atoms. The first-order valence-corrected chi connectivity index (χ1v) is 7.65. The van der Waals surface area contributed by atoms with Crippen LogP contribution in [-0.4, -0.2) is 35.5 Å². The normalized spacial score (nSPS) is 10.8. The number of rotatable bonds is 5. The summed E-state index contributed by atoms with van der Waals surface area (Å²) in [6.07, 6.45) is 3.05. The molecule has 24 heavy (non-hydrogen) atoms. The monoisotopic (exact) mass is 347 g/mol. The first kappa shape index (κ1) is 17.7. The zero-order valence-electron chi connectivity index (χ0n) is 13.7. The predicted octanol–water partition coefficient (Wildman–Crippen LogP) is 3.06. The molecule has 1 aromatic carbocycles. The number of nitrogens with one attached hydrogen (secondary N) is 1. The Morgan fingerprint density at radius 1 is 1.33 bits per heavy atom. The van der Waals surface area contributed by atoms with Crippen LogP contribution in [0.15, 0.2) is 34.9 Å². The number of carbonyl (C=O) groups excluding carboxylic acids is 2. The van der Waals surface area contributed by atoms with Crippen molar-refractivity contribution < 1.29 is 14.1 Å². The van der Waals surface area contributed by atoms with Gasteiger partial charge in [-0.1, -0.05) is 28.9 Å². The Kier molecular flexibility index (Phi) is 5.76. The van der Waals surface area contributed by atoms with Crippen molar-refractivity contribution in [2.45, 2.75) is 13.8 Å². The molecule has 7 heteroatoms. The molecule has 1 heterocycles. The first-order chi connectivity index (χ1) is 11.3. The van der Waals surface area contributed by atoms with E-state index in [1.54, 1.807) is 32.2 Å². The van der Waals surface area contributed by atoms with Gasteiger partial charge in [0.25, 0.3) is 0 Å². The number of likely N-dealkylation sites (N-methyl/N-ethyl adjacent to an activating group) is 1. The van der Waals surface area contributed by atoms with E-state index in [1.807, 2.05) is 19.1 Å². The molecule has 1 aromatic heterocycles. The molecule has 0 unspecified atom stereocenters. The molecular formula is C17H18ClN3O3. The van der Waals surface area contributed by atoms with Crippen LogP contribution in [-0.2, 0) is 9.59 Å². The Balaban J connectivity index is 1.90. The smallest absolute Gasteiger partial charge is 0.246 e. The number of anilines is 1. The third kappa shape index (κ3) is 4.96. The molecule has 0 fully saturated rings. The maximum atomic E-state index is 12.1. The largest absolute Gasteiger partial charge is 0.360 e. The number of aromatic nitrogens is 1. The van der Waals surface area contributed by atoms with Gasteiger partial charge in [-0.05, 0) is 37.1 Å². The molecule has 0 atom stereocenters. The molecule has 0 bridgehead atoms. The van der Waals surface area contributed by atoms with Crippen molar-refractivity contribution in [2.75, 3.05) is 18.9 Å². The summed E-state index contributed by atoms with van der Waals surface area (Å²) in [4.78, 5) is 25.2. The Morgan fingerprint density at radius 2 is 2.08 bits per heavy atom. The highest BCUT2D eigenvalue weighted by Gasteiger charge is 2.12. The summed E-state index contributed by atoms with van der Waals surface area (Å²) < 4.78 is 4.86. The highest BCUT2D eigenvalue weighted by molar-refractivity contribution is 6.31. The van der Waals surface area contributed by atoms with Gasteiger partial charge in [-0.3, -0.25) is 9.59 Å². The number of carbonyl (C=O) groups is 2. The lowest BCUT2D eigenvalue weighted by Gasteiger charge is -2.13. The SMILES string of the molecule is Cc1cc(NC(=O)CN(C)C(=O)/C=C/c2ccc(C)c(Cl)c2)no1. The van der Waals surface area contributed by atoms with Gasteiger partial charge in [0.2, 0.25) is 11.8 Å². The number of nitrogens with zero attached hydrogens (tertiary/aromatic N) is 2. The summed E-state index contributed by atoms with van der Waals surface area (Å²) in [5.41, 5.74) is 1.78. The maximum absolute atomic E-state index is 12.1. The lowest BCUT2D eigenvalue weighted by atomic mass is 10.1. The molecule has 126 valence electrons. The second-order valence-electron chi connectivity index (χ2n) is 5.41. The zero-order chi connectivity index (χ0) is 17.7. The number of hydrogen-bond acceptors (Lipinski definition) is 4. The van der Waals surface area contributed by atoms with Gasteiger partial charge < -0.3 is 14.7 Å². The van der Waals surface area contributed by atoms with Gasteiger partial charge in [-0.25, -0.2) is 0 Å². The van der Waals surface area contributed by atoms with E-state index < -0.39 is 0 Å². The van der Waals surface area contributed by atoms with E-state index in [2.05, 4.69) is 10.5 Å². The lowest BCUT2D eigenvalue weighted by Crippen LogP contribution is -2.33. The molecule has 0 saturated carbocycles. The maximum Gasteiger partial charge on any atom is 0.246 e. The van der Waals surface area contributed by atoms with E-state index in [0.29, 0.717) is 16.6 Å². The van der Waals surface area contributed by atoms with Crippen LogP contribution in [0.3, 0.4) is 0 Å². The lowest BCUT2D eigenvalue weighted by molar-refractivity contribution is -0.129. The minimum absolute atomic E-state index is 0.0935.